The molecule has 2 aromatic rings. The molecule has 0 aliphatic carbocycles. The summed E-state index contributed by atoms with van der Waals surface area (Å²) in [7, 11) is 2.72. The zero-order valence-corrected chi connectivity index (χ0v) is 20.7. The van der Waals surface area contributed by atoms with E-state index in [4.69, 9.17) is 26.4 Å². The molecule has 166 valence electrons. The second-order valence-electron chi connectivity index (χ2n) is 6.18. The molecule has 1 aromatic carbocycles. The van der Waals surface area contributed by atoms with Crippen molar-refractivity contribution >= 4 is 67.4 Å². The molecule has 0 fully saturated rings. The van der Waals surface area contributed by atoms with Crippen LogP contribution in [0, 0.1) is 13.8 Å². The summed E-state index contributed by atoms with van der Waals surface area (Å²) in [5.41, 5.74) is 1.60. The maximum atomic E-state index is 12.8. The maximum absolute atomic E-state index is 12.8. The van der Waals surface area contributed by atoms with Gasteiger partial charge >= 0.3 is 11.9 Å². The lowest BCUT2D eigenvalue weighted by Crippen LogP contribution is -2.34. The van der Waals surface area contributed by atoms with Crippen LogP contribution in [0.5, 0.6) is 5.75 Å². The van der Waals surface area contributed by atoms with E-state index >= 15 is 0 Å². The van der Waals surface area contributed by atoms with Crippen molar-refractivity contribution in [3.8, 4) is 5.75 Å². The maximum Gasteiger partial charge on any atom is 0.348 e. The summed E-state index contributed by atoms with van der Waals surface area (Å²) in [6.07, 6.45) is 0. The highest BCUT2D eigenvalue weighted by atomic mass is 79.9. The van der Waals surface area contributed by atoms with Crippen molar-refractivity contribution in [2.24, 2.45) is 0 Å². The summed E-state index contributed by atoms with van der Waals surface area (Å²) in [5.74, 6) is -1.30. The molecule has 8 nitrogen and oxygen atoms in total. The number of ether oxygens (including phenoxy) is 3. The Morgan fingerprint density at radius 1 is 1.16 bits per heavy atom. The minimum atomic E-state index is -0.618. The van der Waals surface area contributed by atoms with Crippen molar-refractivity contribution in [1.29, 1.82) is 0 Å². The average Bonchev–Trinajstić information content (AvgIpc) is 3.02. The highest BCUT2D eigenvalue weighted by molar-refractivity contribution is 9.10. The number of carbonyl (C=O) groups excluding carboxylic acids is 3. The Kier molecular flexibility index (Phi) is 8.54. The molecule has 2 N–H and O–H groups in total. The number of benzene rings is 1. The Hall–Kier alpha value is -2.50. The Labute approximate surface area is 197 Å². The van der Waals surface area contributed by atoms with E-state index in [-0.39, 0.29) is 32.7 Å². The molecule has 0 spiro atoms. The molecule has 0 saturated carbocycles. The van der Waals surface area contributed by atoms with Gasteiger partial charge in [-0.1, -0.05) is 15.9 Å². The first-order chi connectivity index (χ1) is 14.6. The molecule has 1 heterocycles. The monoisotopic (exact) mass is 528 g/mol. The third kappa shape index (κ3) is 5.60. The van der Waals surface area contributed by atoms with Gasteiger partial charge in [-0.3, -0.25) is 10.1 Å². The van der Waals surface area contributed by atoms with Crippen LogP contribution in [0.15, 0.2) is 16.6 Å². The molecule has 0 aliphatic heterocycles. The predicted molar refractivity (Wildman–Crippen MR) is 125 cm³/mol. The van der Waals surface area contributed by atoms with Gasteiger partial charge in [-0.15, -0.1) is 11.3 Å². The van der Waals surface area contributed by atoms with E-state index < -0.39 is 17.8 Å². The molecule has 31 heavy (non-hydrogen) atoms. The molecule has 0 radical (unpaired) electrons. The minimum absolute atomic E-state index is 0.0621. The van der Waals surface area contributed by atoms with Gasteiger partial charge in [0, 0.05) is 4.47 Å². The van der Waals surface area contributed by atoms with Gasteiger partial charge in [0.05, 0.1) is 32.0 Å². The van der Waals surface area contributed by atoms with Gasteiger partial charge in [0.25, 0.3) is 5.91 Å². The number of thiocarbonyl (C=S) groups is 1. The molecule has 1 amide bonds. The quantitative estimate of drug-likeness (QED) is 0.424. The number of nitrogens with one attached hydrogen (secondary N) is 2. The fourth-order valence-corrected chi connectivity index (χ4v) is 4.76. The molecule has 0 bridgehead atoms. The van der Waals surface area contributed by atoms with Gasteiger partial charge in [0.2, 0.25) is 0 Å². The number of anilines is 1. The summed E-state index contributed by atoms with van der Waals surface area (Å²) in [4.78, 5) is 37.5. The first-order valence-corrected chi connectivity index (χ1v) is 11.0. The minimum Gasteiger partial charge on any atom is -0.496 e. The SMILES string of the molecule is CCOC(=O)c1c(NC(=S)NC(=O)c2cc(Br)cc(C)c2OC)sc(C(=O)OC)c1C. The highest BCUT2D eigenvalue weighted by Gasteiger charge is 2.27. The number of rotatable bonds is 6. The van der Waals surface area contributed by atoms with Crippen LogP contribution in [0.3, 0.4) is 0 Å². The van der Waals surface area contributed by atoms with Gasteiger partial charge in [0.1, 0.15) is 15.6 Å². The normalized spacial score (nSPS) is 10.3. The second-order valence-corrected chi connectivity index (χ2v) is 8.53. The first-order valence-electron chi connectivity index (χ1n) is 8.99. The summed E-state index contributed by atoms with van der Waals surface area (Å²) in [6, 6.07) is 3.43. The van der Waals surface area contributed by atoms with Crippen LogP contribution in [0.2, 0.25) is 0 Å². The Morgan fingerprint density at radius 2 is 1.84 bits per heavy atom. The van der Waals surface area contributed by atoms with E-state index in [0.717, 1.165) is 16.9 Å². The van der Waals surface area contributed by atoms with E-state index in [9.17, 15) is 14.4 Å². The molecule has 2 rings (SSSR count). The fourth-order valence-electron chi connectivity index (χ4n) is 2.81. The van der Waals surface area contributed by atoms with Crippen LogP contribution in [-0.2, 0) is 9.47 Å². The van der Waals surface area contributed by atoms with Crippen molar-refractivity contribution in [2.75, 3.05) is 26.1 Å². The van der Waals surface area contributed by atoms with Crippen molar-refractivity contribution < 1.29 is 28.6 Å². The standard InChI is InChI=1S/C20H21BrN2O6S2/c1-6-29-18(25)13-10(3)15(19(26)28-5)31-17(13)23-20(30)22-16(24)12-8-11(21)7-9(2)14(12)27-4/h7-8H,6H2,1-5H3,(H2,22,23,24,30). The van der Waals surface area contributed by atoms with Gasteiger partial charge in [0.15, 0.2) is 5.11 Å². The summed E-state index contributed by atoms with van der Waals surface area (Å²) >= 11 is 9.60. The van der Waals surface area contributed by atoms with Crippen molar-refractivity contribution in [2.45, 2.75) is 20.8 Å². The van der Waals surface area contributed by atoms with E-state index in [1.807, 2.05) is 13.0 Å². The predicted octanol–water partition coefficient (Wildman–Crippen LogP) is 4.23. The third-order valence-electron chi connectivity index (χ3n) is 4.14. The number of thiophene rings is 1. The van der Waals surface area contributed by atoms with Gasteiger partial charge < -0.3 is 19.5 Å². The Bertz CT molecular complexity index is 1050. The van der Waals surface area contributed by atoms with Crippen molar-refractivity contribution in [1.82, 2.24) is 5.32 Å². The van der Waals surface area contributed by atoms with Crippen LogP contribution in [-0.4, -0.2) is 43.8 Å². The average molecular weight is 529 g/mol. The van der Waals surface area contributed by atoms with E-state index in [2.05, 4.69) is 26.6 Å². The zero-order chi connectivity index (χ0) is 23.3. The van der Waals surface area contributed by atoms with E-state index in [1.54, 1.807) is 19.9 Å². The summed E-state index contributed by atoms with van der Waals surface area (Å²) in [5, 5.41) is 5.58. The second kappa shape index (κ2) is 10.7. The number of hydrogen-bond donors (Lipinski definition) is 2. The molecule has 11 heteroatoms. The zero-order valence-electron chi connectivity index (χ0n) is 17.5. The molecule has 0 aliphatic rings. The Morgan fingerprint density at radius 3 is 2.42 bits per heavy atom. The number of amides is 1. The lowest BCUT2D eigenvalue weighted by molar-refractivity contribution is 0.0527. The summed E-state index contributed by atoms with van der Waals surface area (Å²) < 4.78 is 15.9. The lowest BCUT2D eigenvalue weighted by Gasteiger charge is -2.14. The van der Waals surface area contributed by atoms with Crippen LogP contribution in [0.4, 0.5) is 5.00 Å². The smallest absolute Gasteiger partial charge is 0.348 e. The van der Waals surface area contributed by atoms with Crippen LogP contribution in [0.25, 0.3) is 0 Å². The largest absolute Gasteiger partial charge is 0.496 e. The van der Waals surface area contributed by atoms with Crippen molar-refractivity contribution in [3.63, 3.8) is 0 Å². The van der Waals surface area contributed by atoms with Crippen molar-refractivity contribution in [3.05, 3.63) is 43.7 Å². The third-order valence-corrected chi connectivity index (χ3v) is 5.99. The van der Waals surface area contributed by atoms with E-state index in [1.165, 1.54) is 14.2 Å². The number of halogens is 1. The molecule has 0 unspecified atom stereocenters. The molecular formula is C20H21BrN2O6S2. The van der Waals surface area contributed by atoms with Gasteiger partial charge in [-0.25, -0.2) is 9.59 Å². The molecule has 0 atom stereocenters. The van der Waals surface area contributed by atoms with Gasteiger partial charge in [-0.2, -0.15) is 0 Å². The van der Waals surface area contributed by atoms with E-state index in [0.29, 0.717) is 15.8 Å². The number of carbonyl (C=O) groups is 3. The fraction of sp³-hybridized carbons (Fsp3) is 0.300. The number of hydrogen-bond acceptors (Lipinski definition) is 8. The Balaban J connectivity index is 2.32. The van der Waals surface area contributed by atoms with Crippen LogP contribution in [0.1, 0.15) is 48.4 Å². The highest BCUT2D eigenvalue weighted by Crippen LogP contribution is 2.34. The topological polar surface area (TPSA) is 103 Å². The van der Waals surface area contributed by atoms with Crippen LogP contribution < -0.4 is 15.4 Å². The number of esters is 2. The first kappa shape index (κ1) is 24.8. The lowest BCUT2D eigenvalue weighted by atomic mass is 10.1. The summed E-state index contributed by atoms with van der Waals surface area (Å²) in [6.45, 7) is 5.25. The van der Waals surface area contributed by atoms with Crippen LogP contribution >= 0.6 is 39.5 Å². The number of methoxy groups -OCH3 is 2. The molecule has 0 saturated heterocycles. The molecular weight excluding hydrogens is 508 g/mol. The number of aryl methyl sites for hydroxylation is 1. The van der Waals surface area contributed by atoms with Gasteiger partial charge in [-0.05, 0) is 56.2 Å². The molecule has 1 aromatic heterocycles.